The molecule has 0 aliphatic rings. The van der Waals surface area contributed by atoms with E-state index in [1.807, 2.05) is 0 Å². The summed E-state index contributed by atoms with van der Waals surface area (Å²) in [6, 6.07) is 6.59. The third-order valence-corrected chi connectivity index (χ3v) is 3.67. The molecule has 0 aromatic heterocycles. The summed E-state index contributed by atoms with van der Waals surface area (Å²) >= 11 is 0. The van der Waals surface area contributed by atoms with Gasteiger partial charge in [0.15, 0.2) is 0 Å². The van der Waals surface area contributed by atoms with Crippen molar-refractivity contribution in [2.24, 2.45) is 0 Å². The van der Waals surface area contributed by atoms with Gasteiger partial charge in [0.2, 0.25) is 0 Å². The number of carboxylic acids is 1. The molecule has 0 radical (unpaired) electrons. The lowest BCUT2D eigenvalue weighted by Gasteiger charge is -2.16. The van der Waals surface area contributed by atoms with Crippen LogP contribution in [0.1, 0.15) is 12.0 Å². The summed E-state index contributed by atoms with van der Waals surface area (Å²) in [7, 11) is -5.68. The highest BCUT2D eigenvalue weighted by Crippen LogP contribution is 2.22. The number of benzene rings is 1. The van der Waals surface area contributed by atoms with Crippen LogP contribution in [0.3, 0.4) is 0 Å². The fourth-order valence-corrected chi connectivity index (χ4v) is 2.17. The summed E-state index contributed by atoms with van der Waals surface area (Å²) in [5.74, 6) is -1.66. The monoisotopic (exact) mass is 311 g/mol. The number of alkyl halides is 3. The molecule has 2 N–H and O–H groups in total. The Labute approximate surface area is 113 Å². The van der Waals surface area contributed by atoms with Gasteiger partial charge in [0.05, 0.1) is 0 Å². The molecule has 20 heavy (non-hydrogen) atoms. The van der Waals surface area contributed by atoms with Crippen molar-refractivity contribution in [2.45, 2.75) is 24.4 Å². The standard InChI is InChI=1S/C11H12F3NO4S/c12-11(13,14)20(18,19)15-9(10(16)17)7-6-8-4-2-1-3-5-8/h1-5,9,15H,6-7H2,(H,16,17)/t9-/m0/s1. The maximum atomic E-state index is 12.2. The van der Waals surface area contributed by atoms with Crippen LogP contribution in [0.4, 0.5) is 13.2 Å². The lowest BCUT2D eigenvalue weighted by atomic mass is 10.1. The van der Waals surface area contributed by atoms with Gasteiger partial charge in [0.25, 0.3) is 0 Å². The first kappa shape index (κ1) is 16.4. The Morgan fingerprint density at radius 3 is 2.25 bits per heavy atom. The lowest BCUT2D eigenvalue weighted by Crippen LogP contribution is -2.46. The van der Waals surface area contributed by atoms with Crippen molar-refractivity contribution in [3.63, 3.8) is 0 Å². The number of aliphatic carboxylic acids is 1. The van der Waals surface area contributed by atoms with Crippen LogP contribution in [0.25, 0.3) is 0 Å². The summed E-state index contributed by atoms with van der Waals surface area (Å²) in [5, 5.41) is 8.79. The first-order valence-corrected chi connectivity index (χ1v) is 6.97. The van der Waals surface area contributed by atoms with Crippen LogP contribution < -0.4 is 4.72 Å². The molecule has 112 valence electrons. The maximum Gasteiger partial charge on any atom is 0.511 e. The predicted octanol–water partition coefficient (Wildman–Crippen LogP) is 1.51. The van der Waals surface area contributed by atoms with Crippen LogP contribution in [-0.4, -0.2) is 31.0 Å². The van der Waals surface area contributed by atoms with E-state index in [1.165, 1.54) is 0 Å². The van der Waals surface area contributed by atoms with Crippen LogP contribution in [0.5, 0.6) is 0 Å². The minimum Gasteiger partial charge on any atom is -0.480 e. The Hall–Kier alpha value is -1.61. The van der Waals surface area contributed by atoms with Gasteiger partial charge in [-0.05, 0) is 18.4 Å². The molecule has 0 unspecified atom stereocenters. The van der Waals surface area contributed by atoms with E-state index in [2.05, 4.69) is 0 Å². The fraction of sp³-hybridized carbons (Fsp3) is 0.364. The Balaban J connectivity index is 2.74. The van der Waals surface area contributed by atoms with Gasteiger partial charge in [-0.25, -0.2) is 8.42 Å². The number of carboxylic acid groups (broad SMARTS) is 1. The van der Waals surface area contributed by atoms with Crippen molar-refractivity contribution >= 4 is 16.0 Å². The average Bonchev–Trinajstić information content (AvgIpc) is 2.34. The van der Waals surface area contributed by atoms with Crippen molar-refractivity contribution in [1.29, 1.82) is 0 Å². The normalized spacial score (nSPS) is 13.9. The smallest absolute Gasteiger partial charge is 0.480 e. The molecule has 5 nitrogen and oxygen atoms in total. The third-order valence-electron chi connectivity index (χ3n) is 2.46. The van der Waals surface area contributed by atoms with Crippen molar-refractivity contribution in [3.8, 4) is 0 Å². The molecule has 1 rings (SSSR count). The molecule has 0 spiro atoms. The summed E-state index contributed by atoms with van der Waals surface area (Å²) in [5.41, 5.74) is -4.84. The summed E-state index contributed by atoms with van der Waals surface area (Å²) in [6.45, 7) is 0. The van der Waals surface area contributed by atoms with Gasteiger partial charge in [-0.15, -0.1) is 0 Å². The number of carbonyl (C=O) groups is 1. The topological polar surface area (TPSA) is 83.5 Å². The zero-order valence-electron chi connectivity index (χ0n) is 10.1. The second-order valence-corrected chi connectivity index (χ2v) is 5.69. The maximum absolute atomic E-state index is 12.2. The van der Waals surface area contributed by atoms with Crippen LogP contribution in [0.2, 0.25) is 0 Å². The van der Waals surface area contributed by atoms with Crippen LogP contribution in [0.15, 0.2) is 30.3 Å². The predicted molar refractivity (Wildman–Crippen MR) is 64.3 cm³/mol. The summed E-state index contributed by atoms with van der Waals surface area (Å²) in [4.78, 5) is 10.8. The molecule has 0 heterocycles. The minimum atomic E-state index is -5.68. The van der Waals surface area contributed by atoms with Crippen LogP contribution in [0, 0.1) is 0 Å². The van der Waals surface area contributed by atoms with Crippen LogP contribution in [-0.2, 0) is 21.2 Å². The Bertz CT molecular complexity index is 557. The molecule has 9 heteroatoms. The Morgan fingerprint density at radius 2 is 1.80 bits per heavy atom. The number of sulfonamides is 1. The highest BCUT2D eigenvalue weighted by atomic mass is 32.2. The summed E-state index contributed by atoms with van der Waals surface area (Å²) in [6.07, 6.45) is -0.146. The van der Waals surface area contributed by atoms with Crippen molar-refractivity contribution in [2.75, 3.05) is 0 Å². The number of rotatable bonds is 6. The largest absolute Gasteiger partial charge is 0.511 e. The number of hydrogen-bond donors (Lipinski definition) is 2. The van der Waals surface area contributed by atoms with E-state index in [0.717, 1.165) is 4.72 Å². The van der Waals surface area contributed by atoms with E-state index in [-0.39, 0.29) is 12.8 Å². The van der Waals surface area contributed by atoms with E-state index in [0.29, 0.717) is 5.56 Å². The van der Waals surface area contributed by atoms with Gasteiger partial charge in [-0.2, -0.15) is 17.9 Å². The summed E-state index contributed by atoms with van der Waals surface area (Å²) < 4.78 is 59.4. The number of halogens is 3. The first-order chi connectivity index (χ1) is 9.13. The van der Waals surface area contributed by atoms with Crippen molar-refractivity contribution in [1.82, 2.24) is 4.72 Å². The highest BCUT2D eigenvalue weighted by Gasteiger charge is 2.47. The zero-order valence-corrected chi connectivity index (χ0v) is 10.9. The molecule has 1 aromatic rings. The lowest BCUT2D eigenvalue weighted by molar-refractivity contribution is -0.139. The van der Waals surface area contributed by atoms with E-state index in [4.69, 9.17) is 5.11 Å². The van der Waals surface area contributed by atoms with Gasteiger partial charge in [-0.1, -0.05) is 30.3 Å². The molecule has 0 aliphatic carbocycles. The van der Waals surface area contributed by atoms with Gasteiger partial charge < -0.3 is 5.11 Å². The second-order valence-electron chi connectivity index (χ2n) is 3.98. The average molecular weight is 311 g/mol. The molecule has 0 saturated carbocycles. The SMILES string of the molecule is O=C(O)[C@H](CCc1ccccc1)NS(=O)(=O)C(F)(F)F. The molecule has 0 bridgehead atoms. The molecular formula is C11H12F3NO4S. The molecule has 0 saturated heterocycles. The molecule has 1 atom stereocenters. The molecule has 0 aliphatic heterocycles. The van der Waals surface area contributed by atoms with Gasteiger partial charge >= 0.3 is 21.5 Å². The zero-order chi connectivity index (χ0) is 15.4. The number of hydrogen-bond acceptors (Lipinski definition) is 3. The Kier molecular flexibility index (Phi) is 5.12. The van der Waals surface area contributed by atoms with Gasteiger partial charge in [0.1, 0.15) is 6.04 Å². The van der Waals surface area contributed by atoms with Crippen LogP contribution >= 0.6 is 0 Å². The highest BCUT2D eigenvalue weighted by molar-refractivity contribution is 7.90. The number of nitrogens with one attached hydrogen (secondary N) is 1. The quantitative estimate of drug-likeness (QED) is 0.834. The molecule has 0 amide bonds. The van der Waals surface area contributed by atoms with Gasteiger partial charge in [0, 0.05) is 0 Å². The van der Waals surface area contributed by atoms with Crippen molar-refractivity contribution in [3.05, 3.63) is 35.9 Å². The van der Waals surface area contributed by atoms with Crippen molar-refractivity contribution < 1.29 is 31.5 Å². The Morgan fingerprint density at radius 1 is 1.25 bits per heavy atom. The van der Waals surface area contributed by atoms with E-state index >= 15 is 0 Å². The van der Waals surface area contributed by atoms with Gasteiger partial charge in [-0.3, -0.25) is 4.79 Å². The molecule has 0 fully saturated rings. The first-order valence-electron chi connectivity index (χ1n) is 5.49. The van der Waals surface area contributed by atoms with E-state index < -0.39 is 27.5 Å². The minimum absolute atomic E-state index is 0.137. The third kappa shape index (κ3) is 4.49. The molecule has 1 aromatic carbocycles. The van der Waals surface area contributed by atoms with E-state index in [9.17, 15) is 26.4 Å². The number of aryl methyl sites for hydroxylation is 1. The second kappa shape index (κ2) is 6.23. The van der Waals surface area contributed by atoms with E-state index in [1.54, 1.807) is 30.3 Å². The molecular weight excluding hydrogens is 299 g/mol. The fourth-order valence-electron chi connectivity index (χ4n) is 1.44.